The third kappa shape index (κ3) is 3.46. The van der Waals surface area contributed by atoms with Gasteiger partial charge in [-0.15, -0.1) is 0 Å². The van der Waals surface area contributed by atoms with Crippen LogP contribution in [0.3, 0.4) is 0 Å². The molecule has 0 aliphatic carbocycles. The molecule has 0 aromatic heterocycles. The van der Waals surface area contributed by atoms with E-state index in [2.05, 4.69) is 5.32 Å². The zero-order chi connectivity index (χ0) is 13.7. The van der Waals surface area contributed by atoms with E-state index in [1.807, 2.05) is 6.92 Å². The summed E-state index contributed by atoms with van der Waals surface area (Å²) in [6.45, 7) is 4.78. The Morgan fingerprint density at radius 3 is 2.44 bits per heavy atom. The summed E-state index contributed by atoms with van der Waals surface area (Å²) in [5.74, 6) is -3.95. The number of methoxy groups -OCH3 is 1. The van der Waals surface area contributed by atoms with Crippen molar-refractivity contribution in [3.63, 3.8) is 0 Å². The second kappa shape index (κ2) is 6.75. The highest BCUT2D eigenvalue weighted by atomic mass is 19.2. The molecule has 2 nitrogen and oxygen atoms in total. The average Bonchev–Trinajstić information content (AvgIpc) is 2.35. The Bertz CT molecular complexity index is 398. The normalized spacial score (nSPS) is 14.6. The van der Waals surface area contributed by atoms with E-state index < -0.39 is 17.5 Å². The van der Waals surface area contributed by atoms with E-state index in [0.29, 0.717) is 13.2 Å². The quantitative estimate of drug-likeness (QED) is 0.628. The summed E-state index contributed by atoms with van der Waals surface area (Å²) < 4.78 is 44.4. The van der Waals surface area contributed by atoms with Crippen LogP contribution in [0, 0.1) is 17.5 Å². The zero-order valence-electron chi connectivity index (χ0n) is 10.8. The lowest BCUT2D eigenvalue weighted by molar-refractivity contribution is 0.195. The van der Waals surface area contributed by atoms with Crippen molar-refractivity contribution in [1.82, 2.24) is 5.32 Å². The third-order valence-corrected chi connectivity index (χ3v) is 3.08. The van der Waals surface area contributed by atoms with E-state index in [9.17, 15) is 13.2 Å². The van der Waals surface area contributed by atoms with Crippen molar-refractivity contribution < 1.29 is 17.9 Å². The Morgan fingerprint density at radius 1 is 1.17 bits per heavy atom. The highest BCUT2D eigenvalue weighted by molar-refractivity contribution is 5.24. The molecule has 2 unspecified atom stereocenters. The van der Waals surface area contributed by atoms with Crippen LogP contribution in [0.4, 0.5) is 13.2 Å². The lowest BCUT2D eigenvalue weighted by Gasteiger charge is -2.22. The molecule has 1 N–H and O–H groups in total. The van der Waals surface area contributed by atoms with E-state index in [0.717, 1.165) is 6.07 Å². The molecule has 102 valence electrons. The molecule has 0 aliphatic heterocycles. The first kappa shape index (κ1) is 15.0. The van der Waals surface area contributed by atoms with Crippen LogP contribution in [0.5, 0.6) is 0 Å². The largest absolute Gasteiger partial charge is 0.383 e. The van der Waals surface area contributed by atoms with Crippen LogP contribution in [0.25, 0.3) is 0 Å². The molecule has 0 fully saturated rings. The van der Waals surface area contributed by atoms with E-state index in [-0.39, 0.29) is 17.5 Å². The van der Waals surface area contributed by atoms with Crippen LogP contribution in [0.1, 0.15) is 25.3 Å². The second-order valence-electron chi connectivity index (χ2n) is 4.29. The van der Waals surface area contributed by atoms with Gasteiger partial charge in [0.1, 0.15) is 0 Å². The van der Waals surface area contributed by atoms with Crippen LogP contribution in [0.15, 0.2) is 12.1 Å². The monoisotopic (exact) mass is 261 g/mol. The van der Waals surface area contributed by atoms with Gasteiger partial charge in [0.25, 0.3) is 0 Å². The topological polar surface area (TPSA) is 21.3 Å². The lowest BCUT2D eigenvalue weighted by atomic mass is 9.93. The molecule has 0 spiro atoms. The molecular formula is C13H18F3NO. The minimum Gasteiger partial charge on any atom is -0.383 e. The Hall–Kier alpha value is -1.07. The number of rotatable bonds is 6. The van der Waals surface area contributed by atoms with Crippen molar-refractivity contribution in [2.75, 3.05) is 20.3 Å². The van der Waals surface area contributed by atoms with Crippen LogP contribution < -0.4 is 5.32 Å². The summed E-state index contributed by atoms with van der Waals surface area (Å²) in [6, 6.07) is 2.17. The number of hydrogen-bond donors (Lipinski definition) is 1. The molecule has 0 heterocycles. The molecule has 0 saturated heterocycles. The summed E-state index contributed by atoms with van der Waals surface area (Å²) in [4.78, 5) is 0. The molecule has 0 amide bonds. The van der Waals surface area contributed by atoms with Crippen LogP contribution in [-0.4, -0.2) is 26.3 Å². The molecule has 1 aromatic rings. The molecule has 5 heteroatoms. The first-order chi connectivity index (χ1) is 8.49. The molecule has 1 rings (SSSR count). The highest BCUT2D eigenvalue weighted by Crippen LogP contribution is 2.25. The SMILES string of the molecule is COCCNC(C)C(C)c1ccc(F)c(F)c1F. The molecule has 18 heavy (non-hydrogen) atoms. The Balaban J connectivity index is 2.77. The molecule has 0 radical (unpaired) electrons. The smallest absolute Gasteiger partial charge is 0.194 e. The van der Waals surface area contributed by atoms with Gasteiger partial charge in [0.15, 0.2) is 17.5 Å². The summed E-state index contributed by atoms with van der Waals surface area (Å²) in [5.41, 5.74) is 0.173. The zero-order valence-corrected chi connectivity index (χ0v) is 10.8. The summed E-state index contributed by atoms with van der Waals surface area (Å²) in [5, 5.41) is 3.14. The third-order valence-electron chi connectivity index (χ3n) is 3.08. The number of halogens is 3. The van der Waals surface area contributed by atoms with E-state index in [4.69, 9.17) is 4.74 Å². The predicted octanol–water partition coefficient (Wildman–Crippen LogP) is 2.83. The number of benzene rings is 1. The summed E-state index contributed by atoms with van der Waals surface area (Å²) >= 11 is 0. The molecule has 0 bridgehead atoms. The van der Waals surface area contributed by atoms with Gasteiger partial charge < -0.3 is 10.1 Å². The van der Waals surface area contributed by atoms with Crippen molar-refractivity contribution in [2.45, 2.75) is 25.8 Å². The van der Waals surface area contributed by atoms with Gasteiger partial charge in [0, 0.05) is 19.7 Å². The van der Waals surface area contributed by atoms with Gasteiger partial charge in [-0.2, -0.15) is 0 Å². The van der Waals surface area contributed by atoms with Gasteiger partial charge in [0.2, 0.25) is 0 Å². The Morgan fingerprint density at radius 2 is 1.83 bits per heavy atom. The first-order valence-electron chi connectivity index (χ1n) is 5.84. The average molecular weight is 261 g/mol. The van der Waals surface area contributed by atoms with Gasteiger partial charge in [-0.05, 0) is 24.5 Å². The maximum atomic E-state index is 13.6. The maximum absolute atomic E-state index is 13.6. The highest BCUT2D eigenvalue weighted by Gasteiger charge is 2.21. The fraction of sp³-hybridized carbons (Fsp3) is 0.538. The molecule has 0 aliphatic rings. The second-order valence-corrected chi connectivity index (χ2v) is 4.29. The molecule has 2 atom stereocenters. The minimum atomic E-state index is -1.41. The van der Waals surface area contributed by atoms with Crippen molar-refractivity contribution >= 4 is 0 Å². The molecule has 1 aromatic carbocycles. The van der Waals surface area contributed by atoms with Gasteiger partial charge in [-0.3, -0.25) is 0 Å². The van der Waals surface area contributed by atoms with Crippen LogP contribution in [-0.2, 0) is 4.74 Å². The van der Waals surface area contributed by atoms with Crippen molar-refractivity contribution in [3.8, 4) is 0 Å². The minimum absolute atomic E-state index is 0.0699. The fourth-order valence-electron chi connectivity index (χ4n) is 1.73. The molecule has 0 saturated carbocycles. The van der Waals surface area contributed by atoms with Gasteiger partial charge >= 0.3 is 0 Å². The Labute approximate surface area is 105 Å². The summed E-state index contributed by atoms with van der Waals surface area (Å²) in [6.07, 6.45) is 0. The van der Waals surface area contributed by atoms with Crippen molar-refractivity contribution in [1.29, 1.82) is 0 Å². The number of ether oxygens (including phenoxy) is 1. The Kier molecular flexibility index (Phi) is 5.62. The van der Waals surface area contributed by atoms with E-state index in [1.54, 1.807) is 14.0 Å². The number of hydrogen-bond acceptors (Lipinski definition) is 2. The van der Waals surface area contributed by atoms with Gasteiger partial charge in [0.05, 0.1) is 6.61 Å². The molecular weight excluding hydrogens is 243 g/mol. The van der Waals surface area contributed by atoms with Gasteiger partial charge in [-0.25, -0.2) is 13.2 Å². The van der Waals surface area contributed by atoms with Gasteiger partial charge in [-0.1, -0.05) is 13.0 Å². The van der Waals surface area contributed by atoms with Crippen LogP contribution in [0.2, 0.25) is 0 Å². The van der Waals surface area contributed by atoms with Crippen LogP contribution >= 0.6 is 0 Å². The standard InChI is InChI=1S/C13H18F3NO/c1-8(9(2)17-6-7-18-3)10-4-5-11(14)13(16)12(10)15/h4-5,8-9,17H,6-7H2,1-3H3. The first-order valence-corrected chi connectivity index (χ1v) is 5.84. The van der Waals surface area contributed by atoms with E-state index >= 15 is 0 Å². The van der Waals surface area contributed by atoms with Crippen molar-refractivity contribution in [3.05, 3.63) is 35.1 Å². The summed E-state index contributed by atoms with van der Waals surface area (Å²) in [7, 11) is 1.59. The fourth-order valence-corrected chi connectivity index (χ4v) is 1.73. The van der Waals surface area contributed by atoms with E-state index in [1.165, 1.54) is 6.07 Å². The van der Waals surface area contributed by atoms with Crippen molar-refractivity contribution in [2.24, 2.45) is 0 Å². The maximum Gasteiger partial charge on any atom is 0.194 e. The number of nitrogens with one attached hydrogen (secondary N) is 1. The predicted molar refractivity (Wildman–Crippen MR) is 64.1 cm³/mol. The lowest BCUT2D eigenvalue weighted by Crippen LogP contribution is -2.33.